The smallest absolute Gasteiger partial charge is 0.305 e. The first-order valence-electron chi connectivity index (χ1n) is 26.9. The third kappa shape index (κ3) is 74.2. The molecule has 0 saturated carbocycles. The van der Waals surface area contributed by atoms with Crippen LogP contribution in [-0.4, -0.2) is 169 Å². The van der Waals surface area contributed by atoms with Crippen molar-refractivity contribution >= 4 is 49.8 Å². The third-order valence-corrected chi connectivity index (χ3v) is 11.6. The Balaban J connectivity index is -0.000000262. The number of carbonyl (C=O) groups excluding carboxylic acids is 2. The monoisotopic (exact) mass is 1090 g/mol. The van der Waals surface area contributed by atoms with E-state index in [0.717, 1.165) is 96.2 Å². The number of ether oxygens (including phenoxy) is 2. The Bertz CT molecular complexity index is 938. The van der Waals surface area contributed by atoms with E-state index in [1.807, 2.05) is 0 Å². The molecule has 13 nitrogen and oxygen atoms in total. The molecule has 15 heteroatoms. The molecule has 0 atom stereocenters. The zero-order valence-corrected chi connectivity index (χ0v) is 47.8. The van der Waals surface area contributed by atoms with Crippen molar-refractivity contribution in [1.29, 1.82) is 0 Å². The summed E-state index contributed by atoms with van der Waals surface area (Å²) >= 11 is 6.22. The van der Waals surface area contributed by atoms with Crippen LogP contribution >= 0.6 is 31.9 Å². The van der Waals surface area contributed by atoms with Crippen molar-refractivity contribution in [3.63, 3.8) is 0 Å². The van der Waals surface area contributed by atoms with E-state index in [0.29, 0.717) is 57.4 Å². The number of hydrogen-bond acceptors (Lipinski definition) is 12. The quantitative estimate of drug-likeness (QED) is 0.0222. The minimum Gasteiger partial charge on any atom is -0.481 e. The standard InChI is InChI=1S/C20H42N2O3.C12H23BrO2.C10H20O2.C8H20N2O.C2H5BrO/c1-4-7-8-9-10-11-12-13-20(24)25-19-17-22(16-18-23)15-14-21(5-2)6-3;1-2-3-4-5-6-7-8-9-12(14)15-11-10-13;1-2-3-4-5-6-7-8-9-10(11)12;1-3-10(4-2)7-5-9-6-8-11;3-1-2-4/h23H,4-19H2,1-3H3;2-11H2,1H3;2-9H2,1H3,(H,11,12);9,11H,3-8H2,1-2H3;4H,1-2H2. The van der Waals surface area contributed by atoms with Crippen molar-refractivity contribution in [2.24, 2.45) is 0 Å². The molecular formula is C52H110Br2N4O9. The molecule has 0 spiro atoms. The van der Waals surface area contributed by atoms with Crippen molar-refractivity contribution in [1.82, 2.24) is 20.0 Å². The molecule has 0 aliphatic heterocycles. The number of unbranched alkanes of at least 4 members (excludes halogenated alkanes) is 18. The van der Waals surface area contributed by atoms with Gasteiger partial charge >= 0.3 is 17.9 Å². The van der Waals surface area contributed by atoms with Crippen LogP contribution in [0.2, 0.25) is 0 Å². The molecule has 0 rings (SSSR count). The SMILES string of the molecule is CCCCCCCCCC(=O)O.CCCCCCCCCC(=O)OCCBr.CCCCCCCCCC(=O)OCCN(CCO)CCN(CC)CC.CCN(CC)CCNCCO.OCCBr. The number of carbonyl (C=O) groups is 3. The highest BCUT2D eigenvalue weighted by Crippen LogP contribution is 2.11. The summed E-state index contributed by atoms with van der Waals surface area (Å²) in [6.45, 7) is 27.1. The fourth-order valence-electron chi connectivity index (χ4n) is 6.55. The number of carboxylic acid groups (broad SMARTS) is 1. The second kappa shape index (κ2) is 69.4. The number of aliphatic hydroxyl groups is 3. The summed E-state index contributed by atoms with van der Waals surface area (Å²) in [7, 11) is 0. The lowest BCUT2D eigenvalue weighted by Gasteiger charge is -2.25. The van der Waals surface area contributed by atoms with Crippen molar-refractivity contribution in [3.05, 3.63) is 0 Å². The molecule has 0 aromatic heterocycles. The number of halogens is 2. The van der Waals surface area contributed by atoms with Crippen molar-refractivity contribution in [2.75, 3.05) is 116 Å². The normalized spacial score (nSPS) is 10.6. The second-order valence-electron chi connectivity index (χ2n) is 16.6. The van der Waals surface area contributed by atoms with Gasteiger partial charge in [-0.15, -0.1) is 0 Å². The van der Waals surface area contributed by atoms with Crippen LogP contribution < -0.4 is 5.32 Å². The van der Waals surface area contributed by atoms with Crippen LogP contribution in [0.3, 0.4) is 0 Å². The van der Waals surface area contributed by atoms with Crippen LogP contribution in [0.1, 0.15) is 203 Å². The Morgan fingerprint density at radius 3 is 1.15 bits per heavy atom. The Kier molecular flexibility index (Phi) is 77.7. The van der Waals surface area contributed by atoms with Crippen molar-refractivity contribution in [3.8, 4) is 0 Å². The number of hydrogen-bond donors (Lipinski definition) is 5. The van der Waals surface area contributed by atoms with Gasteiger partial charge < -0.3 is 45.0 Å². The molecule has 0 aromatic rings. The number of likely N-dealkylation sites (N-methyl/N-ethyl adjacent to an activating group) is 2. The molecule has 0 aromatic carbocycles. The molecule has 67 heavy (non-hydrogen) atoms. The minimum absolute atomic E-state index is 0.0528. The molecule has 0 saturated heterocycles. The van der Waals surface area contributed by atoms with Gasteiger partial charge in [-0.2, -0.15) is 0 Å². The highest BCUT2D eigenvalue weighted by atomic mass is 79.9. The Morgan fingerprint density at radius 1 is 0.418 bits per heavy atom. The fraction of sp³-hybridized carbons (Fsp3) is 0.942. The van der Waals surface area contributed by atoms with Crippen LogP contribution in [0.5, 0.6) is 0 Å². The van der Waals surface area contributed by atoms with E-state index in [1.165, 1.54) is 96.3 Å². The number of aliphatic hydroxyl groups excluding tert-OH is 3. The number of rotatable bonds is 44. The average Bonchev–Trinajstić information content (AvgIpc) is 3.33. The van der Waals surface area contributed by atoms with Crippen molar-refractivity contribution < 1.29 is 44.3 Å². The molecular weight excluding hydrogens is 984 g/mol. The van der Waals surface area contributed by atoms with Crippen LogP contribution in [0.15, 0.2) is 0 Å². The Morgan fingerprint density at radius 2 is 0.791 bits per heavy atom. The van der Waals surface area contributed by atoms with Gasteiger partial charge in [-0.1, -0.05) is 196 Å². The van der Waals surface area contributed by atoms with Gasteiger partial charge in [-0.25, -0.2) is 0 Å². The summed E-state index contributed by atoms with van der Waals surface area (Å²) in [6.07, 6.45) is 26.9. The summed E-state index contributed by atoms with van der Waals surface area (Å²) in [5, 5.41) is 38.4. The molecule has 0 aliphatic rings. The predicted octanol–water partition coefficient (Wildman–Crippen LogP) is 10.9. The van der Waals surface area contributed by atoms with E-state index in [1.54, 1.807) is 0 Å². The van der Waals surface area contributed by atoms with Crippen LogP contribution in [-0.2, 0) is 23.9 Å². The first-order valence-corrected chi connectivity index (χ1v) is 29.1. The molecule has 0 fully saturated rings. The van der Waals surface area contributed by atoms with Gasteiger partial charge in [0.05, 0.1) is 19.8 Å². The van der Waals surface area contributed by atoms with Gasteiger partial charge in [-0.05, 0) is 45.4 Å². The zero-order chi connectivity index (χ0) is 51.3. The van der Waals surface area contributed by atoms with Gasteiger partial charge in [-0.3, -0.25) is 19.3 Å². The van der Waals surface area contributed by atoms with Gasteiger partial charge in [0.25, 0.3) is 0 Å². The van der Waals surface area contributed by atoms with Crippen LogP contribution in [0.25, 0.3) is 0 Å². The predicted molar refractivity (Wildman–Crippen MR) is 291 cm³/mol. The Hall–Kier alpha value is -0.910. The highest BCUT2D eigenvalue weighted by molar-refractivity contribution is 9.09. The highest BCUT2D eigenvalue weighted by Gasteiger charge is 2.09. The molecule has 406 valence electrons. The third-order valence-electron chi connectivity index (χ3n) is 10.9. The van der Waals surface area contributed by atoms with Crippen LogP contribution in [0.4, 0.5) is 0 Å². The number of esters is 2. The summed E-state index contributed by atoms with van der Waals surface area (Å²) in [4.78, 5) is 39.9. The largest absolute Gasteiger partial charge is 0.481 e. The summed E-state index contributed by atoms with van der Waals surface area (Å²) in [5.74, 6) is -0.798. The number of carboxylic acids is 1. The van der Waals surface area contributed by atoms with Gasteiger partial charge in [0, 0.05) is 75.7 Å². The summed E-state index contributed by atoms with van der Waals surface area (Å²) in [6, 6.07) is 0. The van der Waals surface area contributed by atoms with Crippen LogP contribution in [0, 0.1) is 0 Å². The lowest BCUT2D eigenvalue weighted by Crippen LogP contribution is -2.38. The van der Waals surface area contributed by atoms with Crippen molar-refractivity contribution in [2.45, 2.75) is 203 Å². The number of aliphatic carboxylic acids is 1. The lowest BCUT2D eigenvalue weighted by molar-refractivity contribution is -0.144. The zero-order valence-electron chi connectivity index (χ0n) is 44.6. The molecule has 0 radical (unpaired) electrons. The maximum Gasteiger partial charge on any atom is 0.305 e. The van der Waals surface area contributed by atoms with E-state index in [9.17, 15) is 19.5 Å². The second-order valence-corrected chi connectivity index (χ2v) is 18.2. The molecule has 0 bridgehead atoms. The molecule has 5 N–H and O–H groups in total. The van der Waals surface area contributed by atoms with E-state index in [-0.39, 0.29) is 31.8 Å². The molecule has 0 heterocycles. The maximum atomic E-state index is 11.8. The Labute approximate surface area is 430 Å². The van der Waals surface area contributed by atoms with E-state index >= 15 is 0 Å². The fourth-order valence-corrected chi connectivity index (χ4v) is 6.71. The van der Waals surface area contributed by atoms with Gasteiger partial charge in [0.1, 0.15) is 13.2 Å². The topological polar surface area (TPSA) is 172 Å². The van der Waals surface area contributed by atoms with Gasteiger partial charge in [0.2, 0.25) is 0 Å². The average molecular weight is 1100 g/mol. The summed E-state index contributed by atoms with van der Waals surface area (Å²) < 4.78 is 10.3. The number of nitrogens with one attached hydrogen (secondary N) is 1. The molecule has 0 unspecified atom stereocenters. The minimum atomic E-state index is -0.663. The van der Waals surface area contributed by atoms with E-state index in [2.05, 4.69) is 100 Å². The van der Waals surface area contributed by atoms with Gasteiger partial charge in [0.15, 0.2) is 0 Å². The van der Waals surface area contributed by atoms with E-state index in [4.69, 9.17) is 24.8 Å². The number of alkyl halides is 2. The summed E-state index contributed by atoms with van der Waals surface area (Å²) in [5.41, 5.74) is 0. The first kappa shape index (κ1) is 75.0. The molecule has 0 amide bonds. The van der Waals surface area contributed by atoms with E-state index < -0.39 is 5.97 Å². The maximum absolute atomic E-state index is 11.8. The lowest BCUT2D eigenvalue weighted by atomic mass is 10.1. The molecule has 0 aliphatic carbocycles. The first-order chi connectivity index (χ1) is 32.5. The number of nitrogens with zero attached hydrogens (tertiary/aromatic N) is 3.